The summed E-state index contributed by atoms with van der Waals surface area (Å²) >= 11 is 0. The molecule has 0 aliphatic carbocycles. The minimum atomic E-state index is -0.343. The van der Waals surface area contributed by atoms with E-state index in [4.69, 9.17) is 5.73 Å². The molecule has 3 rings (SSSR count). The highest BCUT2D eigenvalue weighted by molar-refractivity contribution is 5.94. The number of H-pyrrole nitrogens is 1. The molecule has 2 amide bonds. The number of hydrogen-bond acceptors (Lipinski definition) is 3. The highest BCUT2D eigenvalue weighted by Crippen LogP contribution is 2.24. The van der Waals surface area contributed by atoms with E-state index in [9.17, 15) is 9.59 Å². The molecule has 0 saturated carbocycles. The van der Waals surface area contributed by atoms with Gasteiger partial charge in [0.05, 0.1) is 11.6 Å². The monoisotopic (exact) mass is 312 g/mol. The molecule has 1 aliphatic heterocycles. The zero-order valence-corrected chi connectivity index (χ0v) is 13.0. The second-order valence-corrected chi connectivity index (χ2v) is 6.02. The van der Waals surface area contributed by atoms with Gasteiger partial charge in [-0.1, -0.05) is 30.3 Å². The summed E-state index contributed by atoms with van der Waals surface area (Å²) in [6.45, 7) is 2.36. The van der Waals surface area contributed by atoms with Gasteiger partial charge in [0.2, 0.25) is 5.91 Å². The van der Waals surface area contributed by atoms with Crippen molar-refractivity contribution in [3.05, 3.63) is 42.1 Å². The van der Waals surface area contributed by atoms with E-state index in [1.165, 1.54) is 0 Å². The van der Waals surface area contributed by atoms with Crippen LogP contribution in [0.5, 0.6) is 0 Å². The maximum absolute atomic E-state index is 12.7. The second kappa shape index (κ2) is 6.24. The van der Waals surface area contributed by atoms with E-state index in [-0.39, 0.29) is 23.8 Å². The first-order valence-electron chi connectivity index (χ1n) is 7.77. The Hall–Kier alpha value is -2.63. The van der Waals surface area contributed by atoms with E-state index in [0.717, 1.165) is 24.1 Å². The quantitative estimate of drug-likeness (QED) is 0.905. The number of rotatable bonds is 3. The summed E-state index contributed by atoms with van der Waals surface area (Å²) in [5.41, 5.74) is 7.50. The van der Waals surface area contributed by atoms with E-state index >= 15 is 0 Å². The molecule has 0 radical (unpaired) electrons. The van der Waals surface area contributed by atoms with Crippen LogP contribution in [0, 0.1) is 5.92 Å². The number of piperidine rings is 1. The molecule has 6 nitrogen and oxygen atoms in total. The first kappa shape index (κ1) is 15.3. The van der Waals surface area contributed by atoms with Crippen LogP contribution < -0.4 is 5.73 Å². The molecule has 23 heavy (non-hydrogen) atoms. The minimum Gasteiger partial charge on any atom is -0.369 e. The van der Waals surface area contributed by atoms with Crippen molar-refractivity contribution in [2.75, 3.05) is 6.54 Å². The number of nitrogens with one attached hydrogen (secondary N) is 1. The number of benzene rings is 1. The van der Waals surface area contributed by atoms with Gasteiger partial charge in [-0.3, -0.25) is 14.7 Å². The molecule has 1 saturated heterocycles. The molecule has 120 valence electrons. The van der Waals surface area contributed by atoms with Crippen LogP contribution in [-0.2, 0) is 4.79 Å². The van der Waals surface area contributed by atoms with Crippen LogP contribution in [0.4, 0.5) is 0 Å². The number of primary amides is 1. The SMILES string of the molecule is C[C@@H]1CC[C@H](C(N)=O)CN1C(=O)c1cc(-c2ccccc2)n[nH]1. The Morgan fingerprint density at radius 1 is 1.26 bits per heavy atom. The molecule has 6 heteroatoms. The lowest BCUT2D eigenvalue weighted by molar-refractivity contribution is -0.123. The van der Waals surface area contributed by atoms with Gasteiger partial charge in [0.1, 0.15) is 5.69 Å². The van der Waals surface area contributed by atoms with Crippen LogP contribution in [0.3, 0.4) is 0 Å². The van der Waals surface area contributed by atoms with Gasteiger partial charge < -0.3 is 10.6 Å². The molecule has 3 N–H and O–H groups in total. The molecule has 1 aliphatic rings. The summed E-state index contributed by atoms with van der Waals surface area (Å²) in [5.74, 6) is -0.755. The predicted molar refractivity (Wildman–Crippen MR) is 86.4 cm³/mol. The Bertz CT molecular complexity index is 710. The second-order valence-electron chi connectivity index (χ2n) is 6.02. The topological polar surface area (TPSA) is 92.1 Å². The van der Waals surface area contributed by atoms with Crippen molar-refractivity contribution < 1.29 is 9.59 Å². The summed E-state index contributed by atoms with van der Waals surface area (Å²) < 4.78 is 0. The average molecular weight is 312 g/mol. The maximum Gasteiger partial charge on any atom is 0.272 e. The highest BCUT2D eigenvalue weighted by Gasteiger charge is 2.32. The lowest BCUT2D eigenvalue weighted by Gasteiger charge is -2.36. The number of nitrogens with zero attached hydrogens (tertiary/aromatic N) is 2. The Labute approximate surface area is 134 Å². The molecule has 2 aromatic rings. The van der Waals surface area contributed by atoms with Gasteiger partial charge in [0, 0.05) is 18.2 Å². The van der Waals surface area contributed by atoms with Gasteiger partial charge >= 0.3 is 0 Å². The molecule has 1 fully saturated rings. The fourth-order valence-electron chi connectivity index (χ4n) is 2.96. The van der Waals surface area contributed by atoms with Crippen LogP contribution in [0.15, 0.2) is 36.4 Å². The summed E-state index contributed by atoms with van der Waals surface area (Å²) in [5, 5.41) is 7.03. The maximum atomic E-state index is 12.7. The van der Waals surface area contributed by atoms with Gasteiger partial charge in [-0.15, -0.1) is 0 Å². The average Bonchev–Trinajstić information content (AvgIpc) is 3.05. The van der Waals surface area contributed by atoms with Crippen molar-refractivity contribution >= 4 is 11.8 Å². The number of aromatic amines is 1. The number of likely N-dealkylation sites (tertiary alicyclic amines) is 1. The molecule has 0 spiro atoms. The normalized spacial score (nSPS) is 21.2. The smallest absolute Gasteiger partial charge is 0.272 e. The molecule has 1 aromatic heterocycles. The van der Waals surface area contributed by atoms with Crippen molar-refractivity contribution in [1.29, 1.82) is 0 Å². The standard InChI is InChI=1S/C17H20N4O2/c1-11-7-8-13(16(18)22)10-21(11)17(23)15-9-14(19-20-15)12-5-3-2-4-6-12/h2-6,9,11,13H,7-8,10H2,1H3,(H2,18,22)(H,19,20)/t11-,13+/m1/s1. The van der Waals surface area contributed by atoms with Crippen LogP contribution >= 0.6 is 0 Å². The number of carbonyl (C=O) groups excluding carboxylic acids is 2. The Morgan fingerprint density at radius 2 is 2.00 bits per heavy atom. The third kappa shape index (κ3) is 3.11. The predicted octanol–water partition coefficient (Wildman–Crippen LogP) is 1.80. The number of carbonyl (C=O) groups is 2. The van der Waals surface area contributed by atoms with Crippen LogP contribution in [0.25, 0.3) is 11.3 Å². The Kier molecular flexibility index (Phi) is 4.14. The molecule has 0 unspecified atom stereocenters. The summed E-state index contributed by atoms with van der Waals surface area (Å²) in [4.78, 5) is 25.9. The van der Waals surface area contributed by atoms with Gasteiger partial charge in [-0.2, -0.15) is 5.10 Å². The van der Waals surface area contributed by atoms with Crippen molar-refractivity contribution in [1.82, 2.24) is 15.1 Å². The zero-order valence-electron chi connectivity index (χ0n) is 13.0. The van der Waals surface area contributed by atoms with E-state index < -0.39 is 0 Å². The van der Waals surface area contributed by atoms with Crippen molar-refractivity contribution in [3.63, 3.8) is 0 Å². The van der Waals surface area contributed by atoms with Crippen molar-refractivity contribution in [2.45, 2.75) is 25.8 Å². The third-order valence-corrected chi connectivity index (χ3v) is 4.42. The van der Waals surface area contributed by atoms with Crippen molar-refractivity contribution in [3.8, 4) is 11.3 Å². The molecule has 1 aromatic carbocycles. The zero-order chi connectivity index (χ0) is 16.4. The van der Waals surface area contributed by atoms with Crippen LogP contribution in [0.2, 0.25) is 0 Å². The van der Waals surface area contributed by atoms with E-state index in [1.54, 1.807) is 11.0 Å². The van der Waals surface area contributed by atoms with Crippen molar-refractivity contribution in [2.24, 2.45) is 11.7 Å². The summed E-state index contributed by atoms with van der Waals surface area (Å²) in [7, 11) is 0. The van der Waals surface area contributed by atoms with Crippen LogP contribution in [-0.4, -0.2) is 39.5 Å². The minimum absolute atomic E-state index is 0.0848. The molecule has 2 atom stereocenters. The summed E-state index contributed by atoms with van der Waals surface area (Å²) in [6, 6.07) is 11.5. The lowest BCUT2D eigenvalue weighted by atomic mass is 9.92. The number of nitrogens with two attached hydrogens (primary N) is 1. The lowest BCUT2D eigenvalue weighted by Crippen LogP contribution is -2.48. The van der Waals surface area contributed by atoms with E-state index in [1.807, 2.05) is 37.3 Å². The van der Waals surface area contributed by atoms with Crippen LogP contribution in [0.1, 0.15) is 30.3 Å². The fourth-order valence-corrected chi connectivity index (χ4v) is 2.96. The molecular weight excluding hydrogens is 292 g/mol. The number of amides is 2. The van der Waals surface area contributed by atoms with E-state index in [2.05, 4.69) is 10.2 Å². The molecule has 2 heterocycles. The first-order chi connectivity index (χ1) is 11.1. The highest BCUT2D eigenvalue weighted by atomic mass is 16.2. The van der Waals surface area contributed by atoms with Gasteiger partial charge in [-0.25, -0.2) is 0 Å². The molecule has 0 bridgehead atoms. The van der Waals surface area contributed by atoms with E-state index in [0.29, 0.717) is 12.2 Å². The Morgan fingerprint density at radius 3 is 2.70 bits per heavy atom. The fraction of sp³-hybridized carbons (Fsp3) is 0.353. The van der Waals surface area contributed by atoms with Gasteiger partial charge in [0.15, 0.2) is 0 Å². The van der Waals surface area contributed by atoms with Gasteiger partial charge in [0.25, 0.3) is 5.91 Å². The summed E-state index contributed by atoms with van der Waals surface area (Å²) in [6.07, 6.45) is 1.51. The Balaban J connectivity index is 1.80. The van der Waals surface area contributed by atoms with Gasteiger partial charge in [-0.05, 0) is 25.8 Å². The number of aromatic nitrogens is 2. The first-order valence-corrected chi connectivity index (χ1v) is 7.77. The number of hydrogen-bond donors (Lipinski definition) is 2. The molecular formula is C17H20N4O2. The largest absolute Gasteiger partial charge is 0.369 e. The third-order valence-electron chi connectivity index (χ3n) is 4.42.